The van der Waals surface area contributed by atoms with E-state index in [2.05, 4.69) is 22.2 Å². The van der Waals surface area contributed by atoms with E-state index in [-0.39, 0.29) is 5.56 Å². The third-order valence-corrected chi connectivity index (χ3v) is 3.14. The smallest absolute Gasteiger partial charge is 0.339 e. The fourth-order valence-electron chi connectivity index (χ4n) is 1.39. The normalized spacial score (nSPS) is 12.2. The quantitative estimate of drug-likeness (QED) is 0.810. The van der Waals surface area contributed by atoms with Crippen molar-refractivity contribution in [3.8, 4) is 0 Å². The Morgan fingerprint density at radius 3 is 2.82 bits per heavy atom. The Balaban J connectivity index is 2.79. The number of anilines is 1. The fourth-order valence-corrected chi connectivity index (χ4v) is 2.11. The van der Waals surface area contributed by atoms with Gasteiger partial charge in [0.15, 0.2) is 0 Å². The van der Waals surface area contributed by atoms with Gasteiger partial charge in [-0.3, -0.25) is 0 Å². The van der Waals surface area contributed by atoms with Crippen LogP contribution in [0.25, 0.3) is 0 Å². The molecule has 0 saturated carbocycles. The van der Waals surface area contributed by atoms with Crippen LogP contribution >= 0.6 is 11.8 Å². The first-order chi connectivity index (χ1) is 8.08. The Bertz CT molecular complexity index is 398. The van der Waals surface area contributed by atoms with Gasteiger partial charge in [-0.05, 0) is 19.6 Å². The van der Waals surface area contributed by atoms with Crippen LogP contribution in [0.15, 0.2) is 6.20 Å². The Labute approximate surface area is 105 Å². The first-order valence-corrected chi connectivity index (χ1v) is 6.80. The second-order valence-electron chi connectivity index (χ2n) is 3.70. The topological polar surface area (TPSA) is 75.1 Å². The van der Waals surface area contributed by atoms with Crippen LogP contribution in [0.1, 0.15) is 29.4 Å². The van der Waals surface area contributed by atoms with E-state index in [0.29, 0.717) is 17.7 Å². The average Bonchev–Trinajstić information content (AvgIpc) is 2.28. The minimum Gasteiger partial charge on any atom is -0.478 e. The maximum atomic E-state index is 10.8. The highest BCUT2D eigenvalue weighted by atomic mass is 32.2. The lowest BCUT2D eigenvalue weighted by Gasteiger charge is -2.15. The zero-order chi connectivity index (χ0) is 12.8. The number of carboxylic acid groups (broad SMARTS) is 1. The summed E-state index contributed by atoms with van der Waals surface area (Å²) in [6.45, 7) is 3.76. The Morgan fingerprint density at radius 1 is 1.65 bits per heavy atom. The van der Waals surface area contributed by atoms with Crippen LogP contribution in [-0.2, 0) is 0 Å². The maximum Gasteiger partial charge on any atom is 0.339 e. The molecule has 0 fully saturated rings. The van der Waals surface area contributed by atoms with Gasteiger partial charge >= 0.3 is 5.97 Å². The molecule has 0 amide bonds. The third kappa shape index (κ3) is 3.89. The molecule has 0 spiro atoms. The molecule has 0 aromatic carbocycles. The summed E-state index contributed by atoms with van der Waals surface area (Å²) in [5.74, 6) is 0.471. The van der Waals surface area contributed by atoms with Gasteiger partial charge in [0.25, 0.3) is 0 Å². The highest BCUT2D eigenvalue weighted by Gasteiger charge is 2.12. The molecule has 0 bridgehead atoms. The lowest BCUT2D eigenvalue weighted by molar-refractivity contribution is 0.0695. The van der Waals surface area contributed by atoms with Crippen molar-refractivity contribution in [2.24, 2.45) is 0 Å². The molecule has 1 aromatic rings. The van der Waals surface area contributed by atoms with Crippen molar-refractivity contribution in [1.82, 2.24) is 9.97 Å². The van der Waals surface area contributed by atoms with Gasteiger partial charge in [0.2, 0.25) is 5.95 Å². The van der Waals surface area contributed by atoms with Gasteiger partial charge in [0.05, 0.1) is 11.3 Å². The van der Waals surface area contributed by atoms with Gasteiger partial charge in [0, 0.05) is 18.0 Å². The summed E-state index contributed by atoms with van der Waals surface area (Å²) in [5, 5.41) is 12.1. The molecule has 94 valence electrons. The van der Waals surface area contributed by atoms with Crippen LogP contribution in [0.5, 0.6) is 0 Å². The molecule has 0 saturated heterocycles. The molecule has 1 atom stereocenters. The SMILES string of the molecule is CCC(CSC)Nc1ncc(C(=O)O)c(C)n1. The van der Waals surface area contributed by atoms with Crippen molar-refractivity contribution in [2.75, 3.05) is 17.3 Å². The highest BCUT2D eigenvalue weighted by Crippen LogP contribution is 2.10. The number of carbonyl (C=O) groups is 1. The van der Waals surface area contributed by atoms with E-state index in [0.717, 1.165) is 12.2 Å². The van der Waals surface area contributed by atoms with Gasteiger partial charge in [-0.2, -0.15) is 11.8 Å². The van der Waals surface area contributed by atoms with E-state index in [1.807, 2.05) is 6.26 Å². The van der Waals surface area contributed by atoms with Crippen molar-refractivity contribution in [2.45, 2.75) is 26.3 Å². The van der Waals surface area contributed by atoms with E-state index < -0.39 is 5.97 Å². The Kier molecular flexibility index (Phi) is 5.21. The van der Waals surface area contributed by atoms with Crippen molar-refractivity contribution in [1.29, 1.82) is 0 Å². The number of thioether (sulfide) groups is 1. The monoisotopic (exact) mass is 255 g/mol. The second kappa shape index (κ2) is 6.44. The Morgan fingerprint density at radius 2 is 2.35 bits per heavy atom. The molecule has 1 heterocycles. The van der Waals surface area contributed by atoms with Crippen LogP contribution in [0.2, 0.25) is 0 Å². The van der Waals surface area contributed by atoms with E-state index in [1.165, 1.54) is 6.20 Å². The van der Waals surface area contributed by atoms with Crippen LogP contribution in [0.3, 0.4) is 0 Å². The van der Waals surface area contributed by atoms with Gasteiger partial charge < -0.3 is 10.4 Å². The van der Waals surface area contributed by atoms with Gasteiger partial charge in [-0.25, -0.2) is 14.8 Å². The van der Waals surface area contributed by atoms with Crippen LogP contribution < -0.4 is 5.32 Å². The maximum absolute atomic E-state index is 10.8. The molecular formula is C11H17N3O2S. The van der Waals surface area contributed by atoms with Crippen LogP contribution in [0, 0.1) is 6.92 Å². The number of nitrogens with one attached hydrogen (secondary N) is 1. The molecular weight excluding hydrogens is 238 g/mol. The van der Waals surface area contributed by atoms with Crippen molar-refractivity contribution in [3.63, 3.8) is 0 Å². The number of hydrogen-bond acceptors (Lipinski definition) is 5. The van der Waals surface area contributed by atoms with Crippen molar-refractivity contribution >= 4 is 23.7 Å². The highest BCUT2D eigenvalue weighted by molar-refractivity contribution is 7.98. The average molecular weight is 255 g/mol. The predicted molar refractivity (Wildman–Crippen MR) is 69.8 cm³/mol. The number of aromatic carboxylic acids is 1. The first-order valence-electron chi connectivity index (χ1n) is 5.40. The molecule has 1 aromatic heterocycles. The molecule has 2 N–H and O–H groups in total. The summed E-state index contributed by atoms with van der Waals surface area (Å²) < 4.78 is 0. The summed E-state index contributed by atoms with van der Waals surface area (Å²) in [6.07, 6.45) is 4.37. The fraction of sp³-hybridized carbons (Fsp3) is 0.545. The van der Waals surface area contributed by atoms with Gasteiger partial charge in [0.1, 0.15) is 0 Å². The molecule has 17 heavy (non-hydrogen) atoms. The summed E-state index contributed by atoms with van der Waals surface area (Å²) in [5.41, 5.74) is 0.627. The molecule has 0 aliphatic heterocycles. The number of rotatable bonds is 6. The minimum atomic E-state index is -0.995. The number of nitrogens with zero attached hydrogens (tertiary/aromatic N) is 2. The summed E-state index contributed by atoms with van der Waals surface area (Å²) >= 11 is 1.75. The van der Waals surface area contributed by atoms with E-state index in [9.17, 15) is 4.79 Å². The van der Waals surface area contributed by atoms with Crippen LogP contribution in [0.4, 0.5) is 5.95 Å². The summed E-state index contributed by atoms with van der Waals surface area (Å²) in [4.78, 5) is 19.0. The first kappa shape index (κ1) is 13.8. The molecule has 6 heteroatoms. The number of carboxylic acids is 1. The molecule has 1 unspecified atom stereocenters. The summed E-state index contributed by atoms with van der Waals surface area (Å²) in [6, 6.07) is 0.306. The molecule has 0 radical (unpaired) electrons. The third-order valence-electron chi connectivity index (χ3n) is 2.40. The molecule has 1 rings (SSSR count). The van der Waals surface area contributed by atoms with E-state index in [4.69, 9.17) is 5.11 Å². The van der Waals surface area contributed by atoms with E-state index in [1.54, 1.807) is 18.7 Å². The lowest BCUT2D eigenvalue weighted by atomic mass is 10.2. The largest absolute Gasteiger partial charge is 0.478 e. The number of aromatic nitrogens is 2. The van der Waals surface area contributed by atoms with Crippen molar-refractivity contribution in [3.05, 3.63) is 17.5 Å². The molecule has 5 nitrogen and oxygen atoms in total. The van der Waals surface area contributed by atoms with Crippen LogP contribution in [-0.4, -0.2) is 39.1 Å². The van der Waals surface area contributed by atoms with E-state index >= 15 is 0 Å². The second-order valence-corrected chi connectivity index (χ2v) is 4.61. The summed E-state index contributed by atoms with van der Waals surface area (Å²) in [7, 11) is 0. The predicted octanol–water partition coefficient (Wildman–Crippen LogP) is 2.04. The minimum absolute atomic E-state index is 0.147. The van der Waals surface area contributed by atoms with Gasteiger partial charge in [-0.1, -0.05) is 6.92 Å². The standard InChI is InChI=1S/C11H17N3O2S/c1-4-8(6-17-3)14-11-12-5-9(10(15)16)7(2)13-11/h5,8H,4,6H2,1-3H3,(H,15,16)(H,12,13,14). The number of aryl methyl sites for hydroxylation is 1. The van der Waals surface area contributed by atoms with Gasteiger partial charge in [-0.15, -0.1) is 0 Å². The molecule has 0 aliphatic rings. The number of hydrogen-bond donors (Lipinski definition) is 2. The van der Waals surface area contributed by atoms with Crippen molar-refractivity contribution < 1.29 is 9.90 Å². The lowest BCUT2D eigenvalue weighted by Crippen LogP contribution is -2.23. The zero-order valence-electron chi connectivity index (χ0n) is 10.2. The zero-order valence-corrected chi connectivity index (χ0v) is 11.0. The Hall–Kier alpha value is -1.30. The molecule has 0 aliphatic carbocycles.